The smallest absolute Gasteiger partial charge is 0.338 e. The molecular weight excluding hydrogens is 294 g/mol. The van der Waals surface area contributed by atoms with E-state index in [1.807, 2.05) is 0 Å². The fourth-order valence-corrected chi connectivity index (χ4v) is 2.93. The fraction of sp³-hybridized carbons (Fsp3) is 0.333. The van der Waals surface area contributed by atoms with Crippen LogP contribution in [0.3, 0.4) is 0 Å². The molecule has 1 atom stereocenters. The van der Waals surface area contributed by atoms with Crippen molar-refractivity contribution in [1.29, 1.82) is 0 Å². The normalized spacial score (nSPS) is 16.4. The monoisotopic (exact) mass is 313 g/mol. The van der Waals surface area contributed by atoms with Gasteiger partial charge in [0.25, 0.3) is 5.91 Å². The van der Waals surface area contributed by atoms with Crippen LogP contribution in [0.4, 0.5) is 0 Å². The fourth-order valence-electron chi connectivity index (χ4n) is 2.93. The number of carbonyl (C=O) groups is 2. The van der Waals surface area contributed by atoms with Crippen molar-refractivity contribution in [3.05, 3.63) is 58.5 Å². The summed E-state index contributed by atoms with van der Waals surface area (Å²) in [5, 5.41) is 11.8. The van der Waals surface area contributed by atoms with Gasteiger partial charge in [-0.1, -0.05) is 32.0 Å². The predicted octanol–water partition coefficient (Wildman–Crippen LogP) is 3.52. The largest absolute Gasteiger partial charge is 0.478 e. The van der Waals surface area contributed by atoms with Crippen molar-refractivity contribution in [1.82, 2.24) is 5.32 Å². The molecule has 23 heavy (non-hydrogen) atoms. The first-order valence-corrected chi connectivity index (χ1v) is 7.71. The Morgan fingerprint density at radius 2 is 2.09 bits per heavy atom. The van der Waals surface area contributed by atoms with Gasteiger partial charge in [-0.15, -0.1) is 0 Å². The Bertz CT molecular complexity index is 760. The van der Waals surface area contributed by atoms with E-state index >= 15 is 0 Å². The van der Waals surface area contributed by atoms with Crippen LogP contribution in [-0.2, 0) is 6.42 Å². The maximum atomic E-state index is 12.3. The van der Waals surface area contributed by atoms with E-state index in [1.54, 1.807) is 0 Å². The van der Waals surface area contributed by atoms with Gasteiger partial charge in [-0.2, -0.15) is 0 Å². The first-order chi connectivity index (χ1) is 11.0. The maximum Gasteiger partial charge on any atom is 0.338 e. The standard InChI is InChI=1S/C18H19NO4/c1-10(2)12-4-3-11-5-6-15(14(11)7-12)19-17(20)16-8-13(9-23-16)18(21)22/h3-4,7-10,15H,5-6H2,1-2H3,(H,19,20)(H,21,22). The zero-order valence-corrected chi connectivity index (χ0v) is 13.1. The minimum Gasteiger partial charge on any atom is -0.478 e. The molecule has 0 aliphatic heterocycles. The lowest BCUT2D eigenvalue weighted by Gasteiger charge is -2.15. The summed E-state index contributed by atoms with van der Waals surface area (Å²) in [7, 11) is 0. The Labute approximate surface area is 134 Å². The third-order valence-electron chi connectivity index (χ3n) is 4.29. The molecule has 5 nitrogen and oxygen atoms in total. The molecular formula is C18H19NO4. The van der Waals surface area contributed by atoms with Gasteiger partial charge in [0, 0.05) is 6.07 Å². The molecule has 120 valence electrons. The molecule has 1 aromatic carbocycles. The van der Waals surface area contributed by atoms with Crippen LogP contribution in [0.1, 0.15) is 69.8 Å². The van der Waals surface area contributed by atoms with E-state index in [0.717, 1.165) is 24.7 Å². The number of rotatable bonds is 4. The van der Waals surface area contributed by atoms with E-state index in [0.29, 0.717) is 5.92 Å². The van der Waals surface area contributed by atoms with Crippen molar-refractivity contribution in [2.24, 2.45) is 0 Å². The summed E-state index contributed by atoms with van der Waals surface area (Å²) in [6, 6.07) is 7.61. The van der Waals surface area contributed by atoms with Crippen molar-refractivity contribution >= 4 is 11.9 Å². The number of carbonyl (C=O) groups excluding carboxylic acids is 1. The number of aryl methyl sites for hydroxylation is 1. The van der Waals surface area contributed by atoms with Crippen molar-refractivity contribution in [2.45, 2.75) is 38.6 Å². The number of aromatic carboxylic acids is 1. The summed E-state index contributed by atoms with van der Waals surface area (Å²) < 4.78 is 5.06. The Morgan fingerprint density at radius 1 is 1.30 bits per heavy atom. The Balaban J connectivity index is 1.78. The molecule has 0 bridgehead atoms. The van der Waals surface area contributed by atoms with E-state index in [2.05, 4.69) is 37.4 Å². The zero-order chi connectivity index (χ0) is 16.6. The highest BCUT2D eigenvalue weighted by atomic mass is 16.4. The molecule has 1 aliphatic carbocycles. The highest BCUT2D eigenvalue weighted by Gasteiger charge is 2.26. The summed E-state index contributed by atoms with van der Waals surface area (Å²) in [5.41, 5.74) is 3.63. The van der Waals surface area contributed by atoms with E-state index < -0.39 is 5.97 Å². The molecule has 3 rings (SSSR count). The van der Waals surface area contributed by atoms with Gasteiger partial charge in [0.1, 0.15) is 6.26 Å². The SMILES string of the molecule is CC(C)c1ccc2c(c1)C(NC(=O)c1cc(C(=O)O)co1)CC2. The number of nitrogens with one attached hydrogen (secondary N) is 1. The molecule has 0 saturated carbocycles. The van der Waals surface area contributed by atoms with Gasteiger partial charge < -0.3 is 14.8 Å². The number of benzene rings is 1. The second kappa shape index (κ2) is 5.91. The van der Waals surface area contributed by atoms with E-state index in [9.17, 15) is 9.59 Å². The molecule has 2 N–H and O–H groups in total. The molecule has 1 amide bonds. The number of carboxylic acids is 1. The van der Waals surface area contributed by atoms with Gasteiger partial charge in [0.15, 0.2) is 5.76 Å². The van der Waals surface area contributed by atoms with Crippen molar-refractivity contribution in [3.8, 4) is 0 Å². The van der Waals surface area contributed by atoms with Crippen LogP contribution < -0.4 is 5.32 Å². The molecule has 0 fully saturated rings. The van der Waals surface area contributed by atoms with Crippen LogP contribution in [0.5, 0.6) is 0 Å². The van der Waals surface area contributed by atoms with Crippen LogP contribution in [0, 0.1) is 0 Å². The van der Waals surface area contributed by atoms with Crippen LogP contribution in [0.15, 0.2) is 34.9 Å². The third kappa shape index (κ3) is 2.99. The quantitative estimate of drug-likeness (QED) is 0.905. The van der Waals surface area contributed by atoms with Crippen LogP contribution >= 0.6 is 0 Å². The Kier molecular flexibility index (Phi) is 3.94. The molecule has 0 spiro atoms. The first kappa shape index (κ1) is 15.3. The minimum atomic E-state index is -1.11. The molecule has 2 aromatic rings. The average Bonchev–Trinajstić information content (AvgIpc) is 3.14. The summed E-state index contributed by atoms with van der Waals surface area (Å²) >= 11 is 0. The molecule has 0 saturated heterocycles. The van der Waals surface area contributed by atoms with Gasteiger partial charge in [-0.05, 0) is 35.4 Å². The van der Waals surface area contributed by atoms with Crippen LogP contribution in [-0.4, -0.2) is 17.0 Å². The summed E-state index contributed by atoms with van der Waals surface area (Å²) in [4.78, 5) is 23.1. The van der Waals surface area contributed by atoms with Crippen molar-refractivity contribution in [3.63, 3.8) is 0 Å². The summed E-state index contributed by atoms with van der Waals surface area (Å²) in [6.07, 6.45) is 2.85. The average molecular weight is 313 g/mol. The lowest BCUT2D eigenvalue weighted by atomic mass is 9.97. The number of amides is 1. The third-order valence-corrected chi connectivity index (χ3v) is 4.29. The highest BCUT2D eigenvalue weighted by Crippen LogP contribution is 2.33. The van der Waals surface area contributed by atoms with Crippen LogP contribution in [0.25, 0.3) is 0 Å². The van der Waals surface area contributed by atoms with E-state index in [-0.39, 0.29) is 23.3 Å². The highest BCUT2D eigenvalue weighted by molar-refractivity contribution is 5.95. The van der Waals surface area contributed by atoms with Gasteiger partial charge in [0.2, 0.25) is 0 Å². The first-order valence-electron chi connectivity index (χ1n) is 7.71. The van der Waals surface area contributed by atoms with Crippen LogP contribution in [0.2, 0.25) is 0 Å². The summed E-state index contributed by atoms with van der Waals surface area (Å²) in [6.45, 7) is 4.28. The second-order valence-electron chi connectivity index (χ2n) is 6.18. The molecule has 1 heterocycles. The molecule has 0 radical (unpaired) electrons. The molecule has 1 aliphatic rings. The minimum absolute atomic E-state index is 0.0239. The number of carboxylic acid groups (broad SMARTS) is 1. The maximum absolute atomic E-state index is 12.3. The Morgan fingerprint density at radius 3 is 2.74 bits per heavy atom. The lowest BCUT2D eigenvalue weighted by Crippen LogP contribution is -2.26. The van der Waals surface area contributed by atoms with Crippen molar-refractivity contribution < 1.29 is 19.1 Å². The molecule has 1 aromatic heterocycles. The zero-order valence-electron chi connectivity index (χ0n) is 13.1. The van der Waals surface area contributed by atoms with E-state index in [4.69, 9.17) is 9.52 Å². The molecule has 5 heteroatoms. The number of hydrogen-bond donors (Lipinski definition) is 2. The number of hydrogen-bond acceptors (Lipinski definition) is 3. The van der Waals surface area contributed by atoms with Gasteiger partial charge >= 0.3 is 5.97 Å². The van der Waals surface area contributed by atoms with Gasteiger partial charge in [-0.3, -0.25) is 4.79 Å². The number of fused-ring (bicyclic) bond motifs is 1. The summed E-state index contributed by atoms with van der Waals surface area (Å²) in [5.74, 6) is -1.04. The topological polar surface area (TPSA) is 79.5 Å². The van der Waals surface area contributed by atoms with Gasteiger partial charge in [-0.25, -0.2) is 4.79 Å². The van der Waals surface area contributed by atoms with Gasteiger partial charge in [0.05, 0.1) is 11.6 Å². The second-order valence-corrected chi connectivity index (χ2v) is 6.18. The number of furan rings is 1. The van der Waals surface area contributed by atoms with E-state index in [1.165, 1.54) is 17.2 Å². The predicted molar refractivity (Wildman–Crippen MR) is 84.7 cm³/mol. The lowest BCUT2D eigenvalue weighted by molar-refractivity contribution is 0.0695. The Hall–Kier alpha value is -2.56. The molecule has 1 unspecified atom stereocenters. The van der Waals surface area contributed by atoms with Crippen molar-refractivity contribution in [2.75, 3.05) is 0 Å².